The van der Waals surface area contributed by atoms with E-state index in [1.807, 2.05) is 13.8 Å². The average molecular weight is 504 g/mol. The second-order valence-electron chi connectivity index (χ2n) is 6.64. The van der Waals surface area contributed by atoms with Gasteiger partial charge < -0.3 is 0 Å². The number of alkyl halides is 2. The Bertz CT molecular complexity index is 461. The molecule has 2 fully saturated rings. The first-order valence-electron chi connectivity index (χ1n) is 6.93. The molecule has 0 bridgehead atoms. The molecule has 1 saturated heterocycles. The van der Waals surface area contributed by atoms with E-state index in [0.717, 1.165) is 17.3 Å². The van der Waals surface area contributed by atoms with E-state index in [9.17, 15) is 9.90 Å². The van der Waals surface area contributed by atoms with E-state index in [0.29, 0.717) is 12.3 Å². The molecule has 0 aromatic carbocycles. The molecule has 5 atom stereocenters. The van der Waals surface area contributed by atoms with E-state index in [-0.39, 0.29) is 37.4 Å². The molecular weight excluding hydrogens is 484 g/mol. The van der Waals surface area contributed by atoms with Gasteiger partial charge in [-0.2, -0.15) is 0 Å². The van der Waals surface area contributed by atoms with Crippen molar-refractivity contribution < 1.29 is 36.1 Å². The molecule has 2 N–H and O–H groups in total. The number of nitrogens with one attached hydrogen (secondary N) is 1. The van der Waals surface area contributed by atoms with Crippen molar-refractivity contribution in [2.24, 2.45) is 5.92 Å². The fourth-order valence-corrected chi connectivity index (χ4v) is 7.26. The molecule has 1 aliphatic heterocycles. The maximum absolute atomic E-state index is 12.3. The minimum atomic E-state index is -0.755. The summed E-state index contributed by atoms with van der Waals surface area (Å²) in [6, 6.07) is 0.284. The summed E-state index contributed by atoms with van der Waals surface area (Å²) in [5, 5.41) is 10.5. The first kappa shape index (κ1) is 15.5. The standard InChI is InChI=1S/C14H20I2NO3/c1-13(19)4-8-3-9(8)5-14(2,7-13)20-12(18)11(15)10-6-16-17-10/h5,8,10-11,17,19H,3-4,6-7H2,1-2H3/q-1. The summed E-state index contributed by atoms with van der Waals surface area (Å²) in [6.45, 7) is 3.78. The first-order chi connectivity index (χ1) is 9.28. The SMILES string of the molecule is CC1(O)CC2CC2=CC(C)(OC(=O)C(I)C2C[I-]N2)C1. The van der Waals surface area contributed by atoms with Gasteiger partial charge >= 0.3 is 144 Å². The molecule has 0 amide bonds. The molecular formula is C14H20I2NO3-. The van der Waals surface area contributed by atoms with Crippen LogP contribution in [0.15, 0.2) is 11.6 Å². The Balaban J connectivity index is 1.70. The zero-order valence-corrected chi connectivity index (χ0v) is 16.0. The van der Waals surface area contributed by atoms with Crippen LogP contribution in [0.2, 0.25) is 0 Å². The molecule has 0 aromatic heterocycles. The zero-order chi connectivity index (χ0) is 14.5. The number of allylic oxidation sites excluding steroid dienone is 1. The molecule has 6 heteroatoms. The van der Waals surface area contributed by atoms with Crippen LogP contribution >= 0.6 is 22.6 Å². The Morgan fingerprint density at radius 1 is 1.65 bits per heavy atom. The topological polar surface area (TPSA) is 58.6 Å². The summed E-state index contributed by atoms with van der Waals surface area (Å²) in [5.74, 6) is 0.347. The van der Waals surface area contributed by atoms with Gasteiger partial charge in [-0.25, -0.2) is 0 Å². The number of fused-ring (bicyclic) bond motifs is 1. The van der Waals surface area contributed by atoms with Crippen molar-refractivity contribution in [2.75, 3.05) is 4.43 Å². The van der Waals surface area contributed by atoms with Crippen LogP contribution in [-0.2, 0) is 9.53 Å². The number of esters is 1. The number of ether oxygens (including phenoxy) is 1. The number of hydrogen-bond acceptors (Lipinski definition) is 4. The van der Waals surface area contributed by atoms with Crippen molar-refractivity contribution in [3.05, 3.63) is 11.6 Å². The summed E-state index contributed by atoms with van der Waals surface area (Å²) in [6.07, 6.45) is 4.40. The predicted octanol–water partition coefficient (Wildman–Crippen LogP) is -1.44. The van der Waals surface area contributed by atoms with Gasteiger partial charge in [-0.3, -0.25) is 0 Å². The van der Waals surface area contributed by atoms with Gasteiger partial charge in [-0.15, -0.1) is 0 Å². The average Bonchev–Trinajstić information content (AvgIpc) is 2.89. The molecule has 2 aliphatic carbocycles. The molecule has 114 valence electrons. The van der Waals surface area contributed by atoms with Gasteiger partial charge in [0.1, 0.15) is 0 Å². The monoisotopic (exact) mass is 504 g/mol. The molecule has 1 heterocycles. The van der Waals surface area contributed by atoms with Crippen LogP contribution < -0.4 is 25.0 Å². The van der Waals surface area contributed by atoms with Crippen LogP contribution in [0.1, 0.15) is 33.1 Å². The number of carbonyl (C=O) groups is 1. The van der Waals surface area contributed by atoms with Crippen molar-refractivity contribution in [2.45, 2.75) is 54.3 Å². The number of halogens is 2. The third-order valence-electron chi connectivity index (χ3n) is 4.13. The third-order valence-corrected chi connectivity index (χ3v) is 8.13. The molecule has 5 unspecified atom stereocenters. The van der Waals surface area contributed by atoms with E-state index in [4.69, 9.17) is 4.74 Å². The summed E-state index contributed by atoms with van der Waals surface area (Å²) >= 11 is 2.30. The Hall–Kier alpha value is 0.590. The van der Waals surface area contributed by atoms with Gasteiger partial charge in [-0.05, 0) is 0 Å². The van der Waals surface area contributed by atoms with Crippen LogP contribution in [0, 0.1) is 5.92 Å². The normalized spacial score (nSPS) is 44.9. The summed E-state index contributed by atoms with van der Waals surface area (Å²) in [5.41, 5.74) is -0.0746. The molecule has 3 aliphatic rings. The number of hydrogen-bond donors (Lipinski definition) is 2. The summed E-state index contributed by atoms with van der Waals surface area (Å²) in [4.78, 5) is 12.3. The quantitative estimate of drug-likeness (QED) is 0.163. The van der Waals surface area contributed by atoms with E-state index in [1.165, 1.54) is 5.57 Å². The van der Waals surface area contributed by atoms with Gasteiger partial charge in [-0.1, -0.05) is 0 Å². The van der Waals surface area contributed by atoms with Crippen LogP contribution in [0.3, 0.4) is 0 Å². The molecule has 0 spiro atoms. The van der Waals surface area contributed by atoms with Crippen LogP contribution in [0.5, 0.6) is 0 Å². The number of aliphatic hydroxyl groups is 1. The predicted molar refractivity (Wildman–Crippen MR) is 80.1 cm³/mol. The van der Waals surface area contributed by atoms with Crippen molar-refractivity contribution in [3.63, 3.8) is 0 Å². The molecule has 4 nitrogen and oxygen atoms in total. The molecule has 0 radical (unpaired) electrons. The minimum absolute atomic E-state index is 0.123. The summed E-state index contributed by atoms with van der Waals surface area (Å²) < 4.78 is 10.2. The molecule has 1 saturated carbocycles. The van der Waals surface area contributed by atoms with Crippen molar-refractivity contribution in [3.8, 4) is 0 Å². The van der Waals surface area contributed by atoms with Crippen molar-refractivity contribution in [1.29, 1.82) is 0 Å². The van der Waals surface area contributed by atoms with E-state index in [1.54, 1.807) is 0 Å². The molecule has 3 rings (SSSR count). The fraction of sp³-hybridized carbons (Fsp3) is 0.786. The van der Waals surface area contributed by atoms with Crippen molar-refractivity contribution in [1.82, 2.24) is 3.53 Å². The third kappa shape index (κ3) is 3.33. The van der Waals surface area contributed by atoms with Crippen LogP contribution in [0.25, 0.3) is 0 Å². The first-order valence-corrected chi connectivity index (χ1v) is 10.8. The van der Waals surface area contributed by atoms with Crippen molar-refractivity contribution >= 4 is 28.6 Å². The molecule has 0 aromatic rings. The van der Waals surface area contributed by atoms with Gasteiger partial charge in [0.25, 0.3) is 0 Å². The van der Waals surface area contributed by atoms with Gasteiger partial charge in [0.15, 0.2) is 0 Å². The fourth-order valence-electron chi connectivity index (χ4n) is 3.22. The second-order valence-corrected chi connectivity index (χ2v) is 10.2. The van der Waals surface area contributed by atoms with E-state index < -0.39 is 11.2 Å². The summed E-state index contributed by atoms with van der Waals surface area (Å²) in [7, 11) is 0. The zero-order valence-electron chi connectivity index (χ0n) is 11.7. The Kier molecular flexibility index (Phi) is 4.14. The van der Waals surface area contributed by atoms with Gasteiger partial charge in [0.2, 0.25) is 0 Å². The number of carbonyl (C=O) groups excluding carboxylic acids is 1. The van der Waals surface area contributed by atoms with Crippen LogP contribution in [-0.4, -0.2) is 36.7 Å². The second kappa shape index (κ2) is 5.34. The van der Waals surface area contributed by atoms with Gasteiger partial charge in [0.05, 0.1) is 0 Å². The Labute approximate surface area is 143 Å². The van der Waals surface area contributed by atoms with E-state index in [2.05, 4.69) is 32.2 Å². The maximum atomic E-state index is 12.3. The van der Waals surface area contributed by atoms with Gasteiger partial charge in [0, 0.05) is 0 Å². The van der Waals surface area contributed by atoms with E-state index >= 15 is 0 Å². The van der Waals surface area contributed by atoms with Crippen LogP contribution in [0.4, 0.5) is 0 Å². The Morgan fingerprint density at radius 3 is 2.95 bits per heavy atom. The Morgan fingerprint density at radius 2 is 2.35 bits per heavy atom. The molecule has 20 heavy (non-hydrogen) atoms. The number of rotatable bonds is 3.